The van der Waals surface area contributed by atoms with E-state index < -0.39 is 0 Å². The second kappa shape index (κ2) is 4.77. The van der Waals surface area contributed by atoms with Gasteiger partial charge >= 0.3 is 0 Å². The molecule has 4 heteroatoms. The third-order valence-electron chi connectivity index (χ3n) is 3.58. The summed E-state index contributed by atoms with van der Waals surface area (Å²) in [5, 5.41) is 8.21. The Balaban J connectivity index is 1.95. The number of hydrogen-bond donors (Lipinski definition) is 0. The van der Waals surface area contributed by atoms with Gasteiger partial charge in [-0.15, -0.1) is 10.2 Å². The van der Waals surface area contributed by atoms with E-state index in [9.17, 15) is 0 Å². The molecule has 0 radical (unpaired) electrons. The summed E-state index contributed by atoms with van der Waals surface area (Å²) in [5.74, 6) is 2.06. The first-order valence-electron chi connectivity index (χ1n) is 6.58. The van der Waals surface area contributed by atoms with Gasteiger partial charge in [-0.1, -0.05) is 6.92 Å². The van der Waals surface area contributed by atoms with Crippen molar-refractivity contribution < 1.29 is 4.42 Å². The fraction of sp³-hybridized carbons (Fsp3) is 0.846. The molecular weight excluding hydrogens is 214 g/mol. The Hall–Kier alpha value is -0.900. The van der Waals surface area contributed by atoms with E-state index in [2.05, 4.69) is 35.9 Å². The highest BCUT2D eigenvalue weighted by molar-refractivity contribution is 4.96. The molecule has 96 valence electrons. The maximum Gasteiger partial charge on any atom is 0.219 e. The van der Waals surface area contributed by atoms with Gasteiger partial charge in [-0.2, -0.15) is 0 Å². The first kappa shape index (κ1) is 12.6. The van der Waals surface area contributed by atoms with E-state index in [1.54, 1.807) is 0 Å². The summed E-state index contributed by atoms with van der Waals surface area (Å²) < 4.78 is 5.65. The van der Waals surface area contributed by atoms with Crippen LogP contribution in [0.1, 0.15) is 58.2 Å². The number of rotatable bonds is 2. The Labute approximate surface area is 103 Å². The SMILES string of the molecule is CCc1nnc(C2CCN(C(C)(C)C)CC2)o1. The Morgan fingerprint density at radius 1 is 1.24 bits per heavy atom. The lowest BCUT2D eigenvalue weighted by Crippen LogP contribution is -2.45. The van der Waals surface area contributed by atoms with Crippen LogP contribution in [0.5, 0.6) is 0 Å². The molecule has 2 rings (SSSR count). The van der Waals surface area contributed by atoms with Gasteiger partial charge in [0, 0.05) is 17.9 Å². The molecule has 0 aromatic carbocycles. The first-order chi connectivity index (χ1) is 8.00. The van der Waals surface area contributed by atoms with Crippen molar-refractivity contribution in [3.05, 3.63) is 11.8 Å². The van der Waals surface area contributed by atoms with Crippen molar-refractivity contribution in [2.45, 2.75) is 58.4 Å². The molecule has 1 aromatic rings. The number of aryl methyl sites for hydroxylation is 1. The largest absolute Gasteiger partial charge is 0.425 e. The monoisotopic (exact) mass is 237 g/mol. The smallest absolute Gasteiger partial charge is 0.219 e. The molecule has 0 N–H and O–H groups in total. The zero-order valence-corrected chi connectivity index (χ0v) is 11.4. The number of piperidine rings is 1. The van der Waals surface area contributed by atoms with Gasteiger partial charge in [0.2, 0.25) is 11.8 Å². The lowest BCUT2D eigenvalue weighted by atomic mass is 9.93. The van der Waals surface area contributed by atoms with E-state index in [0.717, 1.165) is 44.1 Å². The molecule has 1 aliphatic rings. The standard InChI is InChI=1S/C13H23N3O/c1-5-11-14-15-12(17-11)10-6-8-16(9-7-10)13(2,3)4/h10H,5-9H2,1-4H3. The van der Waals surface area contributed by atoms with E-state index in [-0.39, 0.29) is 5.54 Å². The Bertz CT molecular complexity index is 359. The fourth-order valence-electron chi connectivity index (χ4n) is 2.37. The summed E-state index contributed by atoms with van der Waals surface area (Å²) in [6.07, 6.45) is 3.08. The van der Waals surface area contributed by atoms with Crippen LogP contribution in [0.4, 0.5) is 0 Å². The summed E-state index contributed by atoms with van der Waals surface area (Å²) in [6, 6.07) is 0. The van der Waals surface area contributed by atoms with Crippen molar-refractivity contribution in [3.63, 3.8) is 0 Å². The van der Waals surface area contributed by atoms with Gasteiger partial charge < -0.3 is 4.42 Å². The van der Waals surface area contributed by atoms with Crippen molar-refractivity contribution >= 4 is 0 Å². The molecule has 0 saturated carbocycles. The maximum atomic E-state index is 5.65. The van der Waals surface area contributed by atoms with Crippen molar-refractivity contribution in [2.75, 3.05) is 13.1 Å². The van der Waals surface area contributed by atoms with E-state index in [1.807, 2.05) is 6.92 Å². The molecule has 17 heavy (non-hydrogen) atoms. The van der Waals surface area contributed by atoms with Crippen molar-refractivity contribution in [1.82, 2.24) is 15.1 Å². The summed E-state index contributed by atoms with van der Waals surface area (Å²) >= 11 is 0. The van der Waals surface area contributed by atoms with Gasteiger partial charge in [-0.05, 0) is 46.7 Å². The molecule has 1 saturated heterocycles. The van der Waals surface area contributed by atoms with Crippen LogP contribution in [0.15, 0.2) is 4.42 Å². The molecule has 1 aromatic heterocycles. The summed E-state index contributed by atoms with van der Waals surface area (Å²) in [5.41, 5.74) is 0.272. The highest BCUT2D eigenvalue weighted by Crippen LogP contribution is 2.30. The van der Waals surface area contributed by atoms with Crippen LogP contribution in [0, 0.1) is 0 Å². The molecule has 0 bridgehead atoms. The van der Waals surface area contributed by atoms with E-state index in [1.165, 1.54) is 0 Å². The highest BCUT2D eigenvalue weighted by Gasteiger charge is 2.29. The molecular formula is C13H23N3O. The fourth-order valence-corrected chi connectivity index (χ4v) is 2.37. The minimum atomic E-state index is 0.272. The second-order valence-corrected chi connectivity index (χ2v) is 5.82. The van der Waals surface area contributed by atoms with Crippen molar-refractivity contribution in [2.24, 2.45) is 0 Å². The van der Waals surface area contributed by atoms with E-state index in [4.69, 9.17) is 4.42 Å². The Morgan fingerprint density at radius 3 is 2.35 bits per heavy atom. The Morgan fingerprint density at radius 2 is 1.88 bits per heavy atom. The zero-order valence-electron chi connectivity index (χ0n) is 11.4. The van der Waals surface area contributed by atoms with Crippen LogP contribution in [0.2, 0.25) is 0 Å². The van der Waals surface area contributed by atoms with Crippen LogP contribution in [0.25, 0.3) is 0 Å². The van der Waals surface area contributed by atoms with Crippen LogP contribution in [-0.2, 0) is 6.42 Å². The lowest BCUT2D eigenvalue weighted by molar-refractivity contribution is 0.0972. The first-order valence-corrected chi connectivity index (χ1v) is 6.58. The van der Waals surface area contributed by atoms with E-state index >= 15 is 0 Å². The zero-order chi connectivity index (χ0) is 12.5. The molecule has 1 aliphatic heterocycles. The molecule has 0 amide bonds. The number of hydrogen-bond acceptors (Lipinski definition) is 4. The quantitative estimate of drug-likeness (QED) is 0.793. The lowest BCUT2D eigenvalue weighted by Gasteiger charge is -2.40. The molecule has 0 spiro atoms. The van der Waals surface area contributed by atoms with Crippen LogP contribution < -0.4 is 0 Å². The number of aromatic nitrogens is 2. The minimum absolute atomic E-state index is 0.272. The van der Waals surface area contributed by atoms with Gasteiger partial charge in [-0.25, -0.2) is 0 Å². The Kier molecular flexibility index (Phi) is 3.52. The van der Waals surface area contributed by atoms with Gasteiger partial charge in [0.25, 0.3) is 0 Å². The predicted octanol–water partition coefficient (Wildman–Crippen LogP) is 2.61. The third-order valence-corrected chi connectivity index (χ3v) is 3.58. The normalized spacial score (nSPS) is 19.8. The molecule has 0 atom stereocenters. The van der Waals surface area contributed by atoms with Gasteiger partial charge in [0.15, 0.2) is 0 Å². The van der Waals surface area contributed by atoms with Crippen LogP contribution >= 0.6 is 0 Å². The van der Waals surface area contributed by atoms with Crippen molar-refractivity contribution in [1.29, 1.82) is 0 Å². The highest BCUT2D eigenvalue weighted by atomic mass is 16.4. The molecule has 2 heterocycles. The van der Waals surface area contributed by atoms with Gasteiger partial charge in [0.1, 0.15) is 0 Å². The summed E-state index contributed by atoms with van der Waals surface area (Å²) in [6.45, 7) is 11.1. The summed E-state index contributed by atoms with van der Waals surface area (Å²) in [7, 11) is 0. The van der Waals surface area contributed by atoms with Crippen LogP contribution in [-0.4, -0.2) is 33.7 Å². The predicted molar refractivity (Wildman–Crippen MR) is 67.0 cm³/mol. The van der Waals surface area contributed by atoms with E-state index in [0.29, 0.717) is 5.92 Å². The number of likely N-dealkylation sites (tertiary alicyclic amines) is 1. The molecule has 4 nitrogen and oxygen atoms in total. The van der Waals surface area contributed by atoms with Crippen LogP contribution in [0.3, 0.4) is 0 Å². The van der Waals surface area contributed by atoms with Gasteiger partial charge in [0.05, 0.1) is 0 Å². The third kappa shape index (κ3) is 2.86. The molecule has 0 aliphatic carbocycles. The van der Waals surface area contributed by atoms with Gasteiger partial charge in [-0.3, -0.25) is 4.90 Å². The molecule has 1 fully saturated rings. The topological polar surface area (TPSA) is 42.2 Å². The second-order valence-electron chi connectivity index (χ2n) is 5.82. The minimum Gasteiger partial charge on any atom is -0.425 e. The van der Waals surface area contributed by atoms with Crippen molar-refractivity contribution in [3.8, 4) is 0 Å². The maximum absolute atomic E-state index is 5.65. The average molecular weight is 237 g/mol. The average Bonchev–Trinajstić information content (AvgIpc) is 2.76. The number of nitrogens with zero attached hydrogens (tertiary/aromatic N) is 3. The summed E-state index contributed by atoms with van der Waals surface area (Å²) in [4.78, 5) is 2.53. The molecule has 0 unspecified atom stereocenters.